The summed E-state index contributed by atoms with van der Waals surface area (Å²) in [6.07, 6.45) is -6.87. The van der Waals surface area contributed by atoms with E-state index in [2.05, 4.69) is 9.72 Å². The van der Waals surface area contributed by atoms with Gasteiger partial charge in [-0.3, -0.25) is 4.79 Å². The molecule has 0 spiro atoms. The van der Waals surface area contributed by atoms with E-state index in [1.165, 1.54) is 10.9 Å². The number of ether oxygens (including phenoxy) is 1. The minimum atomic E-state index is -4.62. The summed E-state index contributed by atoms with van der Waals surface area (Å²) in [5, 5.41) is 1.18. The fraction of sp³-hybridized carbons (Fsp3) is 0.333. The Bertz CT molecular complexity index is 272. The summed E-state index contributed by atoms with van der Waals surface area (Å²) in [6.45, 7) is -0.239. The standard InChI is InChI=1S/C6H4F3NO2S/c7-6(8,9)5(12-3-11)4-1-13-2-10-4/h1-3,5H. The van der Waals surface area contributed by atoms with Crippen LogP contribution in [0.5, 0.6) is 0 Å². The first-order valence-corrected chi connectivity index (χ1v) is 4.04. The Balaban J connectivity index is 2.86. The molecule has 0 aliphatic rings. The second kappa shape index (κ2) is 3.73. The highest BCUT2D eigenvalue weighted by atomic mass is 32.1. The third-order valence-electron chi connectivity index (χ3n) is 1.21. The van der Waals surface area contributed by atoms with Crippen LogP contribution in [0.1, 0.15) is 11.8 Å². The first-order valence-electron chi connectivity index (χ1n) is 3.09. The second-order valence-electron chi connectivity index (χ2n) is 2.07. The lowest BCUT2D eigenvalue weighted by Crippen LogP contribution is -2.23. The molecular formula is C6H4F3NO2S. The topological polar surface area (TPSA) is 39.2 Å². The van der Waals surface area contributed by atoms with Gasteiger partial charge in [-0.1, -0.05) is 0 Å². The summed E-state index contributed by atoms with van der Waals surface area (Å²) in [5.74, 6) is 0. The van der Waals surface area contributed by atoms with Crippen LogP contribution in [0.3, 0.4) is 0 Å². The summed E-state index contributed by atoms with van der Waals surface area (Å²) in [6, 6.07) is 0. The van der Waals surface area contributed by atoms with Crippen LogP contribution in [0.4, 0.5) is 13.2 Å². The monoisotopic (exact) mass is 211 g/mol. The number of carbonyl (C=O) groups is 1. The van der Waals surface area contributed by atoms with Gasteiger partial charge < -0.3 is 4.74 Å². The van der Waals surface area contributed by atoms with Crippen LogP contribution < -0.4 is 0 Å². The first-order chi connectivity index (χ1) is 6.05. The van der Waals surface area contributed by atoms with Crippen LogP contribution in [0.2, 0.25) is 0 Å². The molecule has 72 valence electrons. The summed E-state index contributed by atoms with van der Waals surface area (Å²) >= 11 is 1.00. The fourth-order valence-corrected chi connectivity index (χ4v) is 1.29. The van der Waals surface area contributed by atoms with Crippen LogP contribution >= 0.6 is 11.3 Å². The van der Waals surface area contributed by atoms with Crippen molar-refractivity contribution in [2.24, 2.45) is 0 Å². The molecule has 0 N–H and O–H groups in total. The Hall–Kier alpha value is -1.11. The maximum absolute atomic E-state index is 12.2. The molecule has 0 aliphatic heterocycles. The minimum Gasteiger partial charge on any atom is -0.448 e. The Labute approximate surface area is 75.2 Å². The Morgan fingerprint density at radius 3 is 2.69 bits per heavy atom. The number of nitrogens with zero attached hydrogens (tertiary/aromatic N) is 1. The number of thiazole rings is 1. The van der Waals surface area contributed by atoms with Gasteiger partial charge in [0.25, 0.3) is 6.47 Å². The van der Waals surface area contributed by atoms with Crippen LogP contribution in [0.15, 0.2) is 10.9 Å². The molecule has 0 aromatic carbocycles. The van der Waals surface area contributed by atoms with Gasteiger partial charge >= 0.3 is 6.18 Å². The molecule has 0 saturated heterocycles. The van der Waals surface area contributed by atoms with E-state index in [0.29, 0.717) is 0 Å². The van der Waals surface area contributed by atoms with Gasteiger partial charge in [0.05, 0.1) is 5.51 Å². The minimum absolute atomic E-state index is 0.239. The van der Waals surface area contributed by atoms with E-state index in [0.717, 1.165) is 11.3 Å². The molecule has 0 saturated carbocycles. The third kappa shape index (κ3) is 2.41. The summed E-state index contributed by atoms with van der Waals surface area (Å²) in [4.78, 5) is 13.2. The molecule has 0 radical (unpaired) electrons. The number of halogens is 3. The highest BCUT2D eigenvalue weighted by Gasteiger charge is 2.44. The SMILES string of the molecule is O=COC(c1cscn1)C(F)(F)F. The molecule has 1 heterocycles. The van der Waals surface area contributed by atoms with Crippen molar-refractivity contribution in [2.75, 3.05) is 0 Å². The highest BCUT2D eigenvalue weighted by molar-refractivity contribution is 7.07. The molecule has 7 heteroatoms. The number of hydrogen-bond donors (Lipinski definition) is 0. The quantitative estimate of drug-likeness (QED) is 0.717. The molecule has 1 atom stereocenters. The normalized spacial score (nSPS) is 13.8. The van der Waals surface area contributed by atoms with Gasteiger partial charge in [-0.2, -0.15) is 13.2 Å². The van der Waals surface area contributed by atoms with Gasteiger partial charge in [0.15, 0.2) is 0 Å². The number of hydrogen-bond acceptors (Lipinski definition) is 4. The van der Waals surface area contributed by atoms with Crippen LogP contribution in [-0.4, -0.2) is 17.6 Å². The lowest BCUT2D eigenvalue weighted by molar-refractivity contribution is -0.218. The van der Waals surface area contributed by atoms with Crippen molar-refractivity contribution in [2.45, 2.75) is 12.3 Å². The molecule has 0 bridgehead atoms. The highest BCUT2D eigenvalue weighted by Crippen LogP contribution is 2.34. The second-order valence-corrected chi connectivity index (χ2v) is 2.79. The zero-order valence-electron chi connectivity index (χ0n) is 6.12. The number of carbonyl (C=O) groups excluding carboxylic acids is 1. The van der Waals surface area contributed by atoms with Crippen LogP contribution in [0, 0.1) is 0 Å². The average Bonchev–Trinajstić information content (AvgIpc) is 2.49. The molecule has 0 amide bonds. The molecule has 0 fully saturated rings. The van der Waals surface area contributed by atoms with Crippen molar-refractivity contribution in [1.29, 1.82) is 0 Å². The number of alkyl halides is 3. The Morgan fingerprint density at radius 1 is 1.62 bits per heavy atom. The molecule has 1 unspecified atom stereocenters. The Kier molecular flexibility index (Phi) is 2.86. The van der Waals surface area contributed by atoms with Crippen molar-refractivity contribution < 1.29 is 22.7 Å². The smallest absolute Gasteiger partial charge is 0.431 e. The molecule has 3 nitrogen and oxygen atoms in total. The predicted molar refractivity (Wildman–Crippen MR) is 38.1 cm³/mol. The molecule has 0 aliphatic carbocycles. The number of rotatable bonds is 3. The van der Waals surface area contributed by atoms with E-state index in [4.69, 9.17) is 0 Å². The van der Waals surface area contributed by atoms with Crippen molar-refractivity contribution in [3.05, 3.63) is 16.6 Å². The fourth-order valence-electron chi connectivity index (χ4n) is 0.721. The maximum atomic E-state index is 12.2. The molecular weight excluding hydrogens is 207 g/mol. The van der Waals surface area contributed by atoms with E-state index < -0.39 is 12.3 Å². The van der Waals surface area contributed by atoms with E-state index in [1.807, 2.05) is 0 Å². The van der Waals surface area contributed by atoms with Gasteiger partial charge in [-0.05, 0) is 0 Å². The average molecular weight is 211 g/mol. The van der Waals surface area contributed by atoms with Crippen molar-refractivity contribution in [3.8, 4) is 0 Å². The zero-order valence-corrected chi connectivity index (χ0v) is 6.93. The van der Waals surface area contributed by atoms with Gasteiger partial charge in [0.1, 0.15) is 5.69 Å². The Morgan fingerprint density at radius 2 is 2.31 bits per heavy atom. The van der Waals surface area contributed by atoms with E-state index in [-0.39, 0.29) is 12.2 Å². The lowest BCUT2D eigenvalue weighted by atomic mass is 10.3. The lowest BCUT2D eigenvalue weighted by Gasteiger charge is -2.15. The van der Waals surface area contributed by atoms with Gasteiger partial charge in [0.2, 0.25) is 6.10 Å². The van der Waals surface area contributed by atoms with Gasteiger partial charge in [0, 0.05) is 5.38 Å². The van der Waals surface area contributed by atoms with Crippen molar-refractivity contribution in [1.82, 2.24) is 4.98 Å². The summed E-state index contributed by atoms with van der Waals surface area (Å²) in [5.41, 5.74) is 0.937. The van der Waals surface area contributed by atoms with Gasteiger partial charge in [-0.25, -0.2) is 4.98 Å². The molecule has 1 aromatic heterocycles. The van der Waals surface area contributed by atoms with Crippen molar-refractivity contribution >= 4 is 17.8 Å². The van der Waals surface area contributed by atoms with Gasteiger partial charge in [-0.15, -0.1) is 11.3 Å². The summed E-state index contributed by atoms with van der Waals surface area (Å²) < 4.78 is 40.3. The van der Waals surface area contributed by atoms with Crippen molar-refractivity contribution in [3.63, 3.8) is 0 Å². The molecule has 1 rings (SSSR count). The van der Waals surface area contributed by atoms with E-state index in [9.17, 15) is 18.0 Å². The predicted octanol–water partition coefficient (Wildman–Crippen LogP) is 1.92. The maximum Gasteiger partial charge on any atom is 0.431 e. The first kappa shape index (κ1) is 9.97. The molecule has 13 heavy (non-hydrogen) atoms. The van der Waals surface area contributed by atoms with E-state index >= 15 is 0 Å². The largest absolute Gasteiger partial charge is 0.448 e. The number of aromatic nitrogens is 1. The third-order valence-corrected chi connectivity index (χ3v) is 1.81. The zero-order chi connectivity index (χ0) is 9.90. The van der Waals surface area contributed by atoms with E-state index in [1.54, 1.807) is 0 Å². The molecule has 1 aromatic rings. The van der Waals surface area contributed by atoms with Crippen LogP contribution in [0.25, 0.3) is 0 Å². The van der Waals surface area contributed by atoms with Crippen LogP contribution in [-0.2, 0) is 9.53 Å². The summed E-state index contributed by atoms with van der Waals surface area (Å²) in [7, 11) is 0.